The lowest BCUT2D eigenvalue weighted by atomic mass is 10.0. The SMILES string of the molecule is Cc1cccc(Cc2c(C)nc3c(C(=O)N4CCN(c5cccc(C(F)(F)F)c5)CC4)cnn3c2C)c1. The summed E-state index contributed by atoms with van der Waals surface area (Å²) in [5.74, 6) is -0.170. The molecule has 192 valence electrons. The van der Waals surface area contributed by atoms with Crippen molar-refractivity contribution in [3.05, 3.63) is 93.9 Å². The van der Waals surface area contributed by atoms with Gasteiger partial charge >= 0.3 is 6.18 Å². The Balaban J connectivity index is 1.34. The van der Waals surface area contributed by atoms with E-state index in [2.05, 4.69) is 30.2 Å². The van der Waals surface area contributed by atoms with Crippen molar-refractivity contribution in [2.75, 3.05) is 31.1 Å². The van der Waals surface area contributed by atoms with Gasteiger partial charge in [0.2, 0.25) is 0 Å². The molecule has 0 radical (unpaired) electrons. The van der Waals surface area contributed by atoms with Crippen LogP contribution >= 0.6 is 0 Å². The van der Waals surface area contributed by atoms with Crippen LogP contribution in [0.15, 0.2) is 54.7 Å². The van der Waals surface area contributed by atoms with E-state index in [-0.39, 0.29) is 5.91 Å². The first-order valence-corrected chi connectivity index (χ1v) is 12.2. The molecule has 0 saturated carbocycles. The summed E-state index contributed by atoms with van der Waals surface area (Å²) in [6.07, 6.45) is -2.10. The smallest absolute Gasteiger partial charge is 0.368 e. The molecule has 0 bridgehead atoms. The molecule has 4 aromatic rings. The Kier molecular flexibility index (Phi) is 6.39. The molecule has 1 aliphatic rings. The maximum Gasteiger partial charge on any atom is 0.416 e. The number of anilines is 1. The Hall–Kier alpha value is -3.88. The van der Waals surface area contributed by atoms with Gasteiger partial charge in [-0.2, -0.15) is 18.3 Å². The van der Waals surface area contributed by atoms with Crippen LogP contribution in [-0.2, 0) is 12.6 Å². The molecule has 1 aliphatic heterocycles. The van der Waals surface area contributed by atoms with Gasteiger partial charge in [-0.15, -0.1) is 0 Å². The first-order valence-electron chi connectivity index (χ1n) is 12.2. The van der Waals surface area contributed by atoms with Crippen molar-refractivity contribution in [1.29, 1.82) is 0 Å². The van der Waals surface area contributed by atoms with Crippen LogP contribution < -0.4 is 4.90 Å². The summed E-state index contributed by atoms with van der Waals surface area (Å²) in [7, 11) is 0. The van der Waals surface area contributed by atoms with Gasteiger partial charge in [-0.3, -0.25) is 4.79 Å². The molecule has 1 fully saturated rings. The van der Waals surface area contributed by atoms with Gasteiger partial charge in [0.05, 0.1) is 11.8 Å². The largest absolute Gasteiger partial charge is 0.416 e. The topological polar surface area (TPSA) is 53.7 Å². The highest BCUT2D eigenvalue weighted by Crippen LogP contribution is 2.32. The maximum absolute atomic E-state index is 13.4. The highest BCUT2D eigenvalue weighted by Gasteiger charge is 2.31. The van der Waals surface area contributed by atoms with Crippen molar-refractivity contribution in [3.63, 3.8) is 0 Å². The highest BCUT2D eigenvalue weighted by molar-refractivity contribution is 5.99. The Labute approximate surface area is 213 Å². The van der Waals surface area contributed by atoms with Crippen LogP contribution in [0.5, 0.6) is 0 Å². The number of hydrogen-bond donors (Lipinski definition) is 0. The third-order valence-corrected chi connectivity index (χ3v) is 7.01. The summed E-state index contributed by atoms with van der Waals surface area (Å²) in [6.45, 7) is 7.69. The summed E-state index contributed by atoms with van der Waals surface area (Å²) >= 11 is 0. The van der Waals surface area contributed by atoms with Crippen LogP contribution in [-0.4, -0.2) is 51.6 Å². The van der Waals surface area contributed by atoms with Gasteiger partial charge in [0.15, 0.2) is 5.65 Å². The second-order valence-corrected chi connectivity index (χ2v) is 9.55. The second-order valence-electron chi connectivity index (χ2n) is 9.55. The van der Waals surface area contributed by atoms with Crippen LogP contribution in [0.25, 0.3) is 5.65 Å². The van der Waals surface area contributed by atoms with Crippen LogP contribution in [0.4, 0.5) is 18.9 Å². The zero-order chi connectivity index (χ0) is 26.3. The zero-order valence-electron chi connectivity index (χ0n) is 21.0. The third kappa shape index (κ3) is 4.90. The number of carbonyl (C=O) groups excluding carboxylic acids is 1. The first kappa shape index (κ1) is 24.8. The van der Waals surface area contributed by atoms with Crippen LogP contribution in [0.3, 0.4) is 0 Å². The fourth-order valence-electron chi connectivity index (χ4n) is 4.96. The summed E-state index contributed by atoms with van der Waals surface area (Å²) in [5.41, 5.74) is 6.05. The molecule has 37 heavy (non-hydrogen) atoms. The van der Waals surface area contributed by atoms with E-state index >= 15 is 0 Å². The molecular weight excluding hydrogens is 479 g/mol. The Bertz CT molecular complexity index is 1470. The predicted molar refractivity (Wildman–Crippen MR) is 136 cm³/mol. The van der Waals surface area contributed by atoms with Gasteiger partial charge in [0, 0.05) is 49.7 Å². The van der Waals surface area contributed by atoms with Gasteiger partial charge in [-0.25, -0.2) is 9.50 Å². The molecule has 2 aromatic carbocycles. The van der Waals surface area contributed by atoms with Crippen molar-refractivity contribution < 1.29 is 18.0 Å². The lowest BCUT2D eigenvalue weighted by molar-refractivity contribution is -0.137. The molecule has 1 saturated heterocycles. The molecule has 0 atom stereocenters. The van der Waals surface area contributed by atoms with Gasteiger partial charge in [0.25, 0.3) is 5.91 Å². The monoisotopic (exact) mass is 507 g/mol. The van der Waals surface area contributed by atoms with Crippen LogP contribution in [0.2, 0.25) is 0 Å². The van der Waals surface area contributed by atoms with E-state index in [1.165, 1.54) is 17.2 Å². The van der Waals surface area contributed by atoms with Gasteiger partial charge in [-0.05, 0) is 50.1 Å². The molecule has 3 heterocycles. The van der Waals surface area contributed by atoms with E-state index < -0.39 is 11.7 Å². The number of rotatable bonds is 4. The van der Waals surface area contributed by atoms with Crippen LogP contribution in [0.1, 0.15) is 44.0 Å². The highest BCUT2D eigenvalue weighted by atomic mass is 19.4. The minimum atomic E-state index is -4.39. The van der Waals surface area contributed by atoms with E-state index in [0.717, 1.165) is 35.5 Å². The molecular formula is C28H28F3N5O. The van der Waals surface area contributed by atoms with Gasteiger partial charge < -0.3 is 9.80 Å². The number of benzene rings is 2. The number of aryl methyl sites for hydroxylation is 3. The number of hydrogen-bond acceptors (Lipinski definition) is 4. The predicted octanol–water partition coefficient (Wildman–Crippen LogP) is 5.23. The quantitative estimate of drug-likeness (QED) is 0.380. The lowest BCUT2D eigenvalue weighted by Gasteiger charge is -2.36. The molecule has 2 aromatic heterocycles. The maximum atomic E-state index is 13.4. The fraction of sp³-hybridized carbons (Fsp3) is 0.321. The number of piperazine rings is 1. The summed E-state index contributed by atoms with van der Waals surface area (Å²) in [4.78, 5) is 21.8. The number of amides is 1. The molecule has 6 nitrogen and oxygen atoms in total. The minimum absolute atomic E-state index is 0.170. The second kappa shape index (κ2) is 9.53. The molecule has 0 unspecified atom stereocenters. The van der Waals surface area contributed by atoms with Crippen molar-refractivity contribution in [1.82, 2.24) is 19.5 Å². The molecule has 0 N–H and O–H groups in total. The minimum Gasteiger partial charge on any atom is -0.368 e. The Morgan fingerprint density at radius 1 is 0.973 bits per heavy atom. The van der Waals surface area contributed by atoms with Crippen molar-refractivity contribution in [3.8, 4) is 0 Å². The van der Waals surface area contributed by atoms with Gasteiger partial charge in [0.1, 0.15) is 5.56 Å². The Morgan fingerprint density at radius 3 is 2.41 bits per heavy atom. The molecule has 5 rings (SSSR count). The summed E-state index contributed by atoms with van der Waals surface area (Å²) in [6, 6.07) is 13.7. The molecule has 0 aliphatic carbocycles. The normalized spacial score (nSPS) is 14.4. The van der Waals surface area contributed by atoms with Gasteiger partial charge in [-0.1, -0.05) is 35.9 Å². The number of fused-ring (bicyclic) bond motifs is 1. The standard InChI is InChI=1S/C28H28F3N5O/c1-18-6-4-7-21(14-18)15-24-19(2)33-26-25(17-32-36(26)20(24)3)27(37)35-12-10-34(11-13-35)23-9-5-8-22(16-23)28(29,30)31/h4-9,14,16-17H,10-13,15H2,1-3H3. The Morgan fingerprint density at radius 2 is 1.70 bits per heavy atom. The van der Waals surface area contributed by atoms with E-state index in [9.17, 15) is 18.0 Å². The number of carbonyl (C=O) groups is 1. The van der Waals surface area contributed by atoms with E-state index in [1.54, 1.807) is 21.7 Å². The average molecular weight is 508 g/mol. The summed E-state index contributed by atoms with van der Waals surface area (Å²) < 4.78 is 41.1. The molecule has 0 spiro atoms. The van der Waals surface area contributed by atoms with Crippen molar-refractivity contribution >= 4 is 17.2 Å². The number of aromatic nitrogens is 3. The van der Waals surface area contributed by atoms with E-state index in [4.69, 9.17) is 4.98 Å². The number of halogens is 3. The van der Waals surface area contributed by atoms with E-state index in [1.807, 2.05) is 24.8 Å². The van der Waals surface area contributed by atoms with Crippen molar-refractivity contribution in [2.24, 2.45) is 0 Å². The summed E-state index contributed by atoms with van der Waals surface area (Å²) in [5, 5.41) is 4.48. The number of nitrogens with zero attached hydrogens (tertiary/aromatic N) is 5. The lowest BCUT2D eigenvalue weighted by Crippen LogP contribution is -2.48. The molecule has 1 amide bonds. The van der Waals surface area contributed by atoms with Crippen molar-refractivity contribution in [2.45, 2.75) is 33.4 Å². The van der Waals surface area contributed by atoms with E-state index in [0.29, 0.717) is 43.1 Å². The zero-order valence-corrected chi connectivity index (χ0v) is 21.0. The molecule has 9 heteroatoms. The fourth-order valence-corrected chi connectivity index (χ4v) is 4.96. The number of alkyl halides is 3. The third-order valence-electron chi connectivity index (χ3n) is 7.01. The average Bonchev–Trinajstić information content (AvgIpc) is 3.29. The van der Waals surface area contributed by atoms with Crippen LogP contribution in [0, 0.1) is 20.8 Å². The first-order chi connectivity index (χ1) is 17.6.